The number of ether oxygens (including phenoxy) is 6. The zero-order chi connectivity index (χ0) is 51.8. The third kappa shape index (κ3) is 9.76. The lowest BCUT2D eigenvalue weighted by Gasteiger charge is -2.67. The Morgan fingerprint density at radius 2 is 1.45 bits per heavy atom. The predicted molar refractivity (Wildman–Crippen MR) is 254 cm³/mol. The maximum Gasteiger partial charge on any atom is 0.338 e. The van der Waals surface area contributed by atoms with Crippen molar-refractivity contribution in [3.05, 3.63) is 124 Å². The van der Waals surface area contributed by atoms with Crippen LogP contribution < -0.4 is 5.32 Å². The van der Waals surface area contributed by atoms with E-state index in [4.69, 9.17) is 28.4 Å². The molecule has 3 N–H and O–H groups in total. The smallest absolute Gasteiger partial charge is 0.338 e. The van der Waals surface area contributed by atoms with Crippen molar-refractivity contribution < 1.29 is 72.2 Å². The summed E-state index contributed by atoms with van der Waals surface area (Å²) in [7, 11) is 0. The van der Waals surface area contributed by atoms with Crippen LogP contribution in [-0.2, 0) is 52.4 Å². The third-order valence-corrected chi connectivity index (χ3v) is 15.3. The lowest BCUT2D eigenvalue weighted by Crippen LogP contribution is -2.82. The standard InChI is InChI=1S/C52H58N2O16S/c1-28-34(67-47(62)40(58)39(31-18-12-9-13-19-31)53-45(60)32-20-14-10-15-21-32)25-52(63)44(69-46(61)33-22-16-11-17-23-33)42-50(8,43(59)41(66-29(2)55)38(28)49(52,6)7)35(68-37(57)26-48(4,5)71-54-64)24-36-51(42,27-65-36)70-30(3)56/h9-23,34-36,39-42,44,58,63H,24-27H2,1-8H3,(H,53,60)/t34-,35-,36+,39-,40+,41+,42?,44-,50+,51-,52+/m0/s1. The van der Waals surface area contributed by atoms with Gasteiger partial charge in [0.2, 0.25) is 0 Å². The molecule has 1 saturated heterocycles. The number of aliphatic hydroxyl groups is 2. The Kier molecular flexibility index (Phi) is 14.9. The number of benzene rings is 3. The molecule has 1 amide bonds. The van der Waals surface area contributed by atoms with Gasteiger partial charge in [0.15, 0.2) is 23.6 Å². The molecule has 19 heteroatoms. The SMILES string of the molecule is CC(=O)O[C@H]1C(=O)[C@@]2(C)C([C@H](OC(=O)c3ccccc3)[C@]3(O)C[C@H](OC(=O)[C@H](O)[C@@H](NC(=O)c4ccccc4)c4ccccc4)C(C)=C1C3(C)C)[C@]1(OC(C)=O)CO[C@@H]1C[C@@H]2OC(=O)CC(C)(C)SN=O. The summed E-state index contributed by atoms with van der Waals surface area (Å²) in [5.74, 6) is -8.13. The summed E-state index contributed by atoms with van der Waals surface area (Å²) in [6.07, 6.45) is -11.4. The number of amides is 1. The van der Waals surface area contributed by atoms with E-state index in [9.17, 15) is 43.9 Å². The molecule has 1 unspecified atom stereocenters. The van der Waals surface area contributed by atoms with Crippen LogP contribution >= 0.6 is 11.9 Å². The highest BCUT2D eigenvalue weighted by Crippen LogP contribution is 2.65. The molecule has 3 aromatic carbocycles. The molecule has 1 aliphatic heterocycles. The zero-order valence-corrected chi connectivity index (χ0v) is 41.4. The van der Waals surface area contributed by atoms with Gasteiger partial charge in [-0.1, -0.05) is 80.6 Å². The number of hydrogen-bond donors (Lipinski definition) is 3. The summed E-state index contributed by atoms with van der Waals surface area (Å²) in [5.41, 5.74) is -7.69. The maximum atomic E-state index is 16.2. The second kappa shape index (κ2) is 20.1. The number of hydrogen-bond acceptors (Lipinski definition) is 18. The van der Waals surface area contributed by atoms with Crippen molar-refractivity contribution in [1.29, 1.82) is 0 Å². The van der Waals surface area contributed by atoms with E-state index in [1.165, 1.54) is 39.8 Å². The van der Waals surface area contributed by atoms with Crippen LogP contribution in [0.1, 0.15) is 107 Å². The van der Waals surface area contributed by atoms with Crippen molar-refractivity contribution in [3.8, 4) is 0 Å². The van der Waals surface area contributed by atoms with Gasteiger partial charge in [0.25, 0.3) is 5.91 Å². The summed E-state index contributed by atoms with van der Waals surface area (Å²) in [6.45, 7) is 10.9. The molecule has 3 aromatic rings. The first kappa shape index (κ1) is 52.5. The van der Waals surface area contributed by atoms with E-state index in [1.807, 2.05) is 0 Å². The van der Waals surface area contributed by atoms with E-state index in [0.29, 0.717) is 17.5 Å². The van der Waals surface area contributed by atoms with Gasteiger partial charge in [-0.3, -0.25) is 24.0 Å². The molecule has 71 heavy (non-hydrogen) atoms. The quantitative estimate of drug-likeness (QED) is 0.0529. The minimum atomic E-state index is -2.50. The number of nitroso groups, excluding NO2 is 1. The van der Waals surface area contributed by atoms with Gasteiger partial charge < -0.3 is 44.0 Å². The van der Waals surface area contributed by atoms with Crippen molar-refractivity contribution in [2.24, 2.45) is 21.3 Å². The second-order valence-corrected chi connectivity index (χ2v) is 21.4. The molecule has 3 fully saturated rings. The molecule has 1 heterocycles. The highest BCUT2D eigenvalue weighted by molar-refractivity contribution is 7.99. The van der Waals surface area contributed by atoms with Gasteiger partial charge >= 0.3 is 29.8 Å². The minimum absolute atomic E-state index is 0.0189. The number of esters is 5. The fourth-order valence-corrected chi connectivity index (χ4v) is 11.4. The van der Waals surface area contributed by atoms with Crippen LogP contribution in [0.4, 0.5) is 0 Å². The Morgan fingerprint density at radius 3 is 2.00 bits per heavy atom. The fraction of sp³-hybridized carbons (Fsp3) is 0.481. The van der Waals surface area contributed by atoms with Crippen LogP contribution in [0.15, 0.2) is 107 Å². The lowest BCUT2D eigenvalue weighted by atomic mass is 9.44. The first-order chi connectivity index (χ1) is 33.4. The number of carbonyl (C=O) groups excluding carboxylic acids is 7. The Bertz CT molecular complexity index is 2610. The normalized spacial score (nSPS) is 29.4. The van der Waals surface area contributed by atoms with E-state index in [1.54, 1.807) is 92.7 Å². The Balaban J connectivity index is 1.42. The van der Waals surface area contributed by atoms with Gasteiger partial charge in [0.05, 0.1) is 36.0 Å². The van der Waals surface area contributed by atoms with Crippen molar-refractivity contribution in [3.63, 3.8) is 0 Å². The monoisotopic (exact) mass is 998 g/mol. The highest BCUT2D eigenvalue weighted by Gasteiger charge is 2.79. The van der Waals surface area contributed by atoms with Gasteiger partial charge in [0, 0.05) is 58.9 Å². The average molecular weight is 999 g/mol. The Morgan fingerprint density at radius 1 is 0.859 bits per heavy atom. The van der Waals surface area contributed by atoms with Crippen LogP contribution in [0.3, 0.4) is 0 Å². The van der Waals surface area contributed by atoms with E-state index >= 15 is 4.79 Å². The van der Waals surface area contributed by atoms with Crippen molar-refractivity contribution in [2.75, 3.05) is 6.61 Å². The largest absolute Gasteiger partial charge is 0.461 e. The van der Waals surface area contributed by atoms with E-state index in [2.05, 4.69) is 9.90 Å². The summed E-state index contributed by atoms with van der Waals surface area (Å²) >= 11 is 0.597. The van der Waals surface area contributed by atoms with Crippen LogP contribution in [0.25, 0.3) is 0 Å². The van der Waals surface area contributed by atoms with Crippen LogP contribution in [0.2, 0.25) is 0 Å². The lowest BCUT2D eigenvalue weighted by molar-refractivity contribution is -0.346. The number of ketones is 1. The summed E-state index contributed by atoms with van der Waals surface area (Å²) < 4.78 is 39.0. The van der Waals surface area contributed by atoms with Crippen LogP contribution in [0.5, 0.6) is 0 Å². The first-order valence-corrected chi connectivity index (χ1v) is 23.9. The second-order valence-electron chi connectivity index (χ2n) is 19.9. The molecule has 3 aliphatic carbocycles. The number of rotatable bonds is 15. The molecule has 2 saturated carbocycles. The molecule has 2 bridgehead atoms. The number of nitrogens with one attached hydrogen (secondary N) is 1. The predicted octanol–water partition coefficient (Wildman–Crippen LogP) is 5.87. The molecule has 4 aliphatic rings. The fourth-order valence-electron chi connectivity index (χ4n) is 11.0. The van der Waals surface area contributed by atoms with Crippen LogP contribution in [0, 0.1) is 21.7 Å². The summed E-state index contributed by atoms with van der Waals surface area (Å²) in [4.78, 5) is 111. The molecule has 0 spiro atoms. The molecule has 11 atom stereocenters. The maximum absolute atomic E-state index is 16.2. The van der Waals surface area contributed by atoms with Gasteiger partial charge in [-0.05, 0) is 68.7 Å². The minimum Gasteiger partial charge on any atom is -0.461 e. The van der Waals surface area contributed by atoms with Gasteiger partial charge in [-0.15, -0.1) is 4.91 Å². The number of fused-ring (bicyclic) bond motifs is 5. The molecule has 0 radical (unpaired) electrons. The number of Topliss-reactive ketones (excluding diaryl/α,β-unsaturated/α-hetero) is 1. The molecule has 378 valence electrons. The third-order valence-electron chi connectivity index (χ3n) is 14.6. The molecule has 7 rings (SSSR count). The molecule has 0 aromatic heterocycles. The summed E-state index contributed by atoms with van der Waals surface area (Å²) in [5, 5.41) is 28.6. The molecular weight excluding hydrogens is 941 g/mol. The van der Waals surface area contributed by atoms with E-state index < -0.39 is 130 Å². The molecular formula is C52H58N2O16S. The Labute approximate surface area is 414 Å². The van der Waals surface area contributed by atoms with E-state index in [-0.39, 0.29) is 35.1 Å². The summed E-state index contributed by atoms with van der Waals surface area (Å²) in [6, 6.07) is 22.6. The van der Waals surface area contributed by atoms with Crippen LogP contribution in [-0.4, -0.2) is 111 Å². The Hall–Kier alpha value is -6.28. The number of nitrogens with zero attached hydrogens (tertiary/aromatic N) is 1. The van der Waals surface area contributed by atoms with Gasteiger partial charge in [0.1, 0.15) is 30.0 Å². The van der Waals surface area contributed by atoms with Crippen molar-refractivity contribution >= 4 is 53.5 Å². The van der Waals surface area contributed by atoms with E-state index in [0.717, 1.165) is 13.8 Å². The number of carbonyl (C=O) groups is 7. The average Bonchev–Trinajstić information content (AvgIpc) is 3.31. The topological polar surface area (TPSA) is 257 Å². The van der Waals surface area contributed by atoms with Gasteiger partial charge in [-0.2, -0.15) is 0 Å². The number of aliphatic hydroxyl groups excluding tert-OH is 1. The van der Waals surface area contributed by atoms with Gasteiger partial charge in [-0.25, -0.2) is 9.59 Å². The molecule has 18 nitrogen and oxygen atoms in total. The van der Waals surface area contributed by atoms with Crippen molar-refractivity contribution in [2.45, 2.75) is 133 Å². The first-order valence-electron chi connectivity index (χ1n) is 23.1. The zero-order valence-electron chi connectivity index (χ0n) is 40.6. The highest BCUT2D eigenvalue weighted by atomic mass is 32.2. The van der Waals surface area contributed by atoms with Crippen molar-refractivity contribution in [1.82, 2.24) is 5.32 Å².